The Labute approximate surface area is 125 Å². The van der Waals surface area contributed by atoms with Crippen molar-refractivity contribution in [1.29, 1.82) is 0 Å². The zero-order valence-corrected chi connectivity index (χ0v) is 12.8. The summed E-state index contributed by atoms with van der Waals surface area (Å²) in [7, 11) is 1.61. The molecular formula is C17H22O4. The van der Waals surface area contributed by atoms with E-state index in [-0.39, 0.29) is 29.0 Å². The number of ketones is 1. The predicted molar refractivity (Wildman–Crippen MR) is 76.9 cm³/mol. The SMILES string of the molecule is CO[C@@H]1C(=O)C(C)=C[C@]2(CO2)[C@H]1[C@@]1(C)O[C@@H]1CC=C1CC1. The van der Waals surface area contributed by atoms with Gasteiger partial charge in [-0.05, 0) is 44.8 Å². The molecule has 4 nitrogen and oxygen atoms in total. The molecule has 0 amide bonds. The van der Waals surface area contributed by atoms with Crippen LogP contribution in [0.5, 0.6) is 0 Å². The molecule has 0 unspecified atom stereocenters. The van der Waals surface area contributed by atoms with Gasteiger partial charge in [0.25, 0.3) is 0 Å². The average Bonchev–Trinajstić information content (AvgIpc) is 3.30. The highest BCUT2D eigenvalue weighted by molar-refractivity contribution is 6.00. The maximum absolute atomic E-state index is 12.4. The summed E-state index contributed by atoms with van der Waals surface area (Å²) in [5.74, 6) is 0.0217. The standard InChI is InChI=1S/C17H22O4/c1-10-8-17(9-20-17)15(14(19-3)13(10)18)16(2)12(21-16)7-6-11-4-5-11/h6,8,12,14-15H,4-5,7,9H2,1-3H3/t12-,14-,15-,16+,17+/m1/s1. The molecule has 4 aliphatic rings. The van der Waals surface area contributed by atoms with Gasteiger partial charge in [0.05, 0.1) is 18.6 Å². The van der Waals surface area contributed by atoms with E-state index in [0.717, 1.165) is 12.0 Å². The van der Waals surface area contributed by atoms with Gasteiger partial charge in [-0.25, -0.2) is 0 Å². The second kappa shape index (κ2) is 4.28. The first-order chi connectivity index (χ1) is 10.00. The van der Waals surface area contributed by atoms with E-state index in [1.807, 2.05) is 13.0 Å². The molecule has 1 spiro atoms. The van der Waals surface area contributed by atoms with Gasteiger partial charge in [0, 0.05) is 7.11 Å². The van der Waals surface area contributed by atoms with Crippen molar-refractivity contribution in [2.45, 2.75) is 56.5 Å². The van der Waals surface area contributed by atoms with Crippen molar-refractivity contribution in [2.24, 2.45) is 5.92 Å². The second-order valence-electron chi connectivity index (χ2n) is 6.96. The monoisotopic (exact) mass is 290 g/mol. The summed E-state index contributed by atoms with van der Waals surface area (Å²) in [5.41, 5.74) is 1.60. The van der Waals surface area contributed by atoms with Crippen LogP contribution in [0.2, 0.25) is 0 Å². The molecule has 21 heavy (non-hydrogen) atoms. The fourth-order valence-electron chi connectivity index (χ4n) is 3.91. The highest BCUT2D eigenvalue weighted by atomic mass is 16.6. The largest absolute Gasteiger partial charge is 0.373 e. The Morgan fingerprint density at radius 2 is 2.19 bits per heavy atom. The third kappa shape index (κ3) is 2.04. The van der Waals surface area contributed by atoms with Crippen molar-refractivity contribution < 1.29 is 19.0 Å². The Hall–Kier alpha value is -0.970. The molecule has 2 saturated heterocycles. The van der Waals surface area contributed by atoms with Crippen LogP contribution >= 0.6 is 0 Å². The van der Waals surface area contributed by atoms with Gasteiger partial charge in [-0.1, -0.05) is 11.6 Å². The van der Waals surface area contributed by atoms with E-state index in [2.05, 4.69) is 13.0 Å². The molecule has 114 valence electrons. The molecule has 0 aromatic carbocycles. The number of methoxy groups -OCH3 is 1. The van der Waals surface area contributed by atoms with Crippen LogP contribution in [0.3, 0.4) is 0 Å². The molecule has 4 rings (SSSR count). The summed E-state index contributed by atoms with van der Waals surface area (Å²) in [4.78, 5) is 12.4. The van der Waals surface area contributed by atoms with Crippen molar-refractivity contribution in [2.75, 3.05) is 13.7 Å². The zero-order valence-electron chi connectivity index (χ0n) is 12.8. The Morgan fingerprint density at radius 1 is 1.48 bits per heavy atom. The summed E-state index contributed by atoms with van der Waals surface area (Å²) < 4.78 is 17.3. The van der Waals surface area contributed by atoms with Crippen molar-refractivity contribution in [3.8, 4) is 0 Å². The summed E-state index contributed by atoms with van der Waals surface area (Å²) in [5, 5.41) is 0. The molecule has 1 saturated carbocycles. The maximum atomic E-state index is 12.4. The molecule has 0 bridgehead atoms. The fourth-order valence-corrected chi connectivity index (χ4v) is 3.91. The Balaban J connectivity index is 1.60. The third-order valence-corrected chi connectivity index (χ3v) is 5.42. The number of Topliss-reactive ketones (excluding diaryl/α,β-unsaturated/α-hetero) is 1. The molecule has 0 radical (unpaired) electrons. The number of epoxide rings is 2. The lowest BCUT2D eigenvalue weighted by Gasteiger charge is -2.35. The van der Waals surface area contributed by atoms with Crippen molar-refractivity contribution in [3.63, 3.8) is 0 Å². The van der Waals surface area contributed by atoms with Gasteiger partial charge in [-0.15, -0.1) is 0 Å². The first kappa shape index (κ1) is 13.7. The predicted octanol–water partition coefficient (Wildman–Crippen LogP) is 2.18. The Kier molecular flexibility index (Phi) is 2.79. The quantitative estimate of drug-likeness (QED) is 0.588. The molecule has 5 atom stereocenters. The van der Waals surface area contributed by atoms with Crippen molar-refractivity contribution in [1.82, 2.24) is 0 Å². The van der Waals surface area contributed by atoms with E-state index in [4.69, 9.17) is 14.2 Å². The number of carbonyl (C=O) groups is 1. The molecular weight excluding hydrogens is 268 g/mol. The zero-order chi connectivity index (χ0) is 14.8. The Morgan fingerprint density at radius 3 is 2.76 bits per heavy atom. The van der Waals surface area contributed by atoms with Crippen LogP contribution < -0.4 is 0 Å². The lowest BCUT2D eigenvalue weighted by molar-refractivity contribution is -0.133. The number of rotatable bonds is 4. The number of hydrogen-bond acceptors (Lipinski definition) is 4. The van der Waals surface area contributed by atoms with Crippen LogP contribution in [0, 0.1) is 5.92 Å². The highest BCUT2D eigenvalue weighted by Crippen LogP contribution is 2.58. The maximum Gasteiger partial charge on any atom is 0.187 e. The molecule has 0 N–H and O–H groups in total. The molecule has 2 heterocycles. The minimum Gasteiger partial charge on any atom is -0.373 e. The van der Waals surface area contributed by atoms with E-state index in [9.17, 15) is 4.79 Å². The summed E-state index contributed by atoms with van der Waals surface area (Å²) >= 11 is 0. The van der Waals surface area contributed by atoms with Gasteiger partial charge >= 0.3 is 0 Å². The smallest absolute Gasteiger partial charge is 0.187 e. The van der Waals surface area contributed by atoms with Gasteiger partial charge in [0.1, 0.15) is 17.3 Å². The number of hydrogen-bond donors (Lipinski definition) is 0. The lowest BCUT2D eigenvalue weighted by atomic mass is 9.70. The summed E-state index contributed by atoms with van der Waals surface area (Å²) in [6.45, 7) is 4.61. The van der Waals surface area contributed by atoms with Gasteiger partial charge in [0.15, 0.2) is 5.78 Å². The number of carbonyl (C=O) groups excluding carboxylic acids is 1. The van der Waals surface area contributed by atoms with Crippen LogP contribution in [0.15, 0.2) is 23.3 Å². The molecule has 0 aromatic rings. The molecule has 2 aliphatic heterocycles. The van der Waals surface area contributed by atoms with Crippen molar-refractivity contribution >= 4 is 5.78 Å². The van der Waals surface area contributed by atoms with Gasteiger partial charge in [-0.2, -0.15) is 0 Å². The fraction of sp³-hybridized carbons (Fsp3) is 0.706. The van der Waals surface area contributed by atoms with Crippen LogP contribution in [-0.4, -0.2) is 42.9 Å². The molecule has 0 aromatic heterocycles. The van der Waals surface area contributed by atoms with Crippen LogP contribution in [0.1, 0.15) is 33.1 Å². The van der Waals surface area contributed by atoms with E-state index < -0.39 is 6.10 Å². The topological polar surface area (TPSA) is 51.4 Å². The molecule has 4 heteroatoms. The molecule has 2 aliphatic carbocycles. The average molecular weight is 290 g/mol. The highest BCUT2D eigenvalue weighted by Gasteiger charge is 2.71. The van der Waals surface area contributed by atoms with E-state index in [1.54, 1.807) is 7.11 Å². The third-order valence-electron chi connectivity index (χ3n) is 5.42. The van der Waals surface area contributed by atoms with Gasteiger partial charge < -0.3 is 14.2 Å². The normalized spacial score (nSPS) is 47.4. The summed E-state index contributed by atoms with van der Waals surface area (Å²) in [6, 6.07) is 0. The van der Waals surface area contributed by atoms with Gasteiger partial charge in [0.2, 0.25) is 0 Å². The Bertz CT molecular complexity index is 551. The first-order valence-electron chi connectivity index (χ1n) is 7.76. The number of allylic oxidation sites excluding steroid dienone is 1. The first-order valence-corrected chi connectivity index (χ1v) is 7.76. The van der Waals surface area contributed by atoms with E-state index >= 15 is 0 Å². The molecule has 3 fully saturated rings. The number of ether oxygens (including phenoxy) is 3. The van der Waals surface area contributed by atoms with Gasteiger partial charge in [-0.3, -0.25) is 4.79 Å². The second-order valence-corrected chi connectivity index (χ2v) is 6.96. The van der Waals surface area contributed by atoms with Crippen LogP contribution in [0.4, 0.5) is 0 Å². The van der Waals surface area contributed by atoms with Crippen LogP contribution in [-0.2, 0) is 19.0 Å². The summed E-state index contributed by atoms with van der Waals surface area (Å²) in [6.07, 6.45) is 7.41. The minimum absolute atomic E-state index is 0.0474. The van der Waals surface area contributed by atoms with Crippen molar-refractivity contribution in [3.05, 3.63) is 23.3 Å². The van der Waals surface area contributed by atoms with Crippen LogP contribution in [0.25, 0.3) is 0 Å². The lowest BCUT2D eigenvalue weighted by Crippen LogP contribution is -2.51. The minimum atomic E-state index is -0.457. The van der Waals surface area contributed by atoms with E-state index in [0.29, 0.717) is 6.61 Å². The van der Waals surface area contributed by atoms with E-state index in [1.165, 1.54) is 18.4 Å².